The number of hydrogen-bond donors (Lipinski definition) is 1. The Morgan fingerprint density at radius 1 is 1.50 bits per heavy atom. The maximum Gasteiger partial charge on any atom is 0.276 e. The average molecular weight is 348 g/mol. The van der Waals surface area contributed by atoms with Gasteiger partial charge in [-0.2, -0.15) is 5.10 Å². The molecule has 1 fully saturated rings. The lowest BCUT2D eigenvalue weighted by molar-refractivity contribution is 0.0729. The lowest BCUT2D eigenvalue weighted by Crippen LogP contribution is -2.31. The van der Waals surface area contributed by atoms with E-state index in [0.717, 1.165) is 43.7 Å². The van der Waals surface area contributed by atoms with Crippen molar-refractivity contribution in [2.45, 2.75) is 38.8 Å². The number of aryl methyl sites for hydroxylation is 1. The molecule has 0 bridgehead atoms. The molecule has 0 saturated carbocycles. The van der Waals surface area contributed by atoms with Gasteiger partial charge in [0.1, 0.15) is 5.82 Å². The fourth-order valence-electron chi connectivity index (χ4n) is 3.17. The van der Waals surface area contributed by atoms with Gasteiger partial charge in [0.2, 0.25) is 0 Å². The zero-order valence-corrected chi connectivity index (χ0v) is 14.8. The Bertz CT molecular complexity index is 730. The Kier molecular flexibility index (Phi) is 5.04. The monoisotopic (exact) mass is 347 g/mol. The fourth-order valence-corrected chi connectivity index (χ4v) is 3.40. The lowest BCUT2D eigenvalue weighted by Gasteiger charge is -2.24. The number of nitrogens with zero attached hydrogens (tertiary/aromatic N) is 4. The van der Waals surface area contributed by atoms with Crippen LogP contribution in [-0.4, -0.2) is 39.2 Å². The minimum absolute atomic E-state index is 0.0417. The summed E-state index contributed by atoms with van der Waals surface area (Å²) in [4.78, 5) is 19.1. The predicted molar refractivity (Wildman–Crippen MR) is 94.3 cm³/mol. The maximum absolute atomic E-state index is 13.0. The number of likely N-dealkylation sites (tertiary alicyclic amines) is 1. The summed E-state index contributed by atoms with van der Waals surface area (Å²) in [6.07, 6.45) is 6.36. The second kappa shape index (κ2) is 7.21. The third kappa shape index (κ3) is 3.24. The number of hydrogen-bond acceptors (Lipinski definition) is 4. The zero-order valence-electron chi connectivity index (χ0n) is 14.0. The SMILES string of the molecule is CCCn1cc(Cl)c(C(=O)N2CCCC2c2ccnc(NC)c2)n1. The number of amides is 1. The van der Waals surface area contributed by atoms with Crippen LogP contribution in [-0.2, 0) is 6.54 Å². The van der Waals surface area contributed by atoms with Gasteiger partial charge in [0.05, 0.1) is 11.1 Å². The second-order valence-corrected chi connectivity index (χ2v) is 6.38. The van der Waals surface area contributed by atoms with Crippen LogP contribution in [0.1, 0.15) is 48.3 Å². The van der Waals surface area contributed by atoms with Crippen molar-refractivity contribution >= 4 is 23.3 Å². The molecule has 3 rings (SSSR count). The van der Waals surface area contributed by atoms with E-state index in [2.05, 4.69) is 22.3 Å². The highest BCUT2D eigenvalue weighted by atomic mass is 35.5. The molecule has 1 amide bonds. The molecule has 1 unspecified atom stereocenters. The number of pyridine rings is 1. The average Bonchev–Trinajstić information content (AvgIpc) is 3.21. The third-order valence-electron chi connectivity index (χ3n) is 4.31. The highest BCUT2D eigenvalue weighted by molar-refractivity contribution is 6.33. The van der Waals surface area contributed by atoms with E-state index in [1.54, 1.807) is 17.1 Å². The summed E-state index contributed by atoms with van der Waals surface area (Å²) in [6.45, 7) is 3.54. The molecular weight excluding hydrogens is 326 g/mol. The van der Waals surface area contributed by atoms with Crippen LogP contribution < -0.4 is 5.32 Å². The van der Waals surface area contributed by atoms with Crippen molar-refractivity contribution in [3.8, 4) is 0 Å². The molecule has 1 atom stereocenters. The molecule has 128 valence electrons. The molecule has 2 aromatic rings. The molecule has 24 heavy (non-hydrogen) atoms. The Labute approximate surface area is 146 Å². The van der Waals surface area contributed by atoms with Crippen molar-refractivity contribution in [1.82, 2.24) is 19.7 Å². The van der Waals surface area contributed by atoms with Gasteiger partial charge in [-0.15, -0.1) is 0 Å². The van der Waals surface area contributed by atoms with Crippen molar-refractivity contribution in [3.05, 3.63) is 40.8 Å². The van der Waals surface area contributed by atoms with Crippen molar-refractivity contribution in [3.63, 3.8) is 0 Å². The van der Waals surface area contributed by atoms with Gasteiger partial charge in [0, 0.05) is 32.5 Å². The smallest absolute Gasteiger partial charge is 0.276 e. The largest absolute Gasteiger partial charge is 0.373 e. The first-order chi connectivity index (χ1) is 11.6. The van der Waals surface area contributed by atoms with Crippen LogP contribution in [0.25, 0.3) is 0 Å². The number of nitrogens with one attached hydrogen (secondary N) is 1. The first-order valence-corrected chi connectivity index (χ1v) is 8.69. The van der Waals surface area contributed by atoms with Crippen LogP contribution in [0.15, 0.2) is 24.5 Å². The second-order valence-electron chi connectivity index (χ2n) is 5.97. The van der Waals surface area contributed by atoms with E-state index in [1.807, 2.05) is 24.1 Å². The van der Waals surface area contributed by atoms with Gasteiger partial charge >= 0.3 is 0 Å². The molecule has 3 heterocycles. The molecule has 1 aliphatic heterocycles. The minimum atomic E-state index is -0.0971. The summed E-state index contributed by atoms with van der Waals surface area (Å²) < 4.78 is 1.74. The number of carbonyl (C=O) groups is 1. The summed E-state index contributed by atoms with van der Waals surface area (Å²) in [5.41, 5.74) is 1.43. The van der Waals surface area contributed by atoms with Crippen LogP contribution in [0.4, 0.5) is 5.82 Å². The van der Waals surface area contributed by atoms with Gasteiger partial charge in [0.25, 0.3) is 5.91 Å². The van der Waals surface area contributed by atoms with Crippen LogP contribution in [0.3, 0.4) is 0 Å². The maximum atomic E-state index is 13.0. The minimum Gasteiger partial charge on any atom is -0.373 e. The van der Waals surface area contributed by atoms with E-state index in [0.29, 0.717) is 10.7 Å². The van der Waals surface area contributed by atoms with E-state index in [4.69, 9.17) is 11.6 Å². The molecule has 0 aliphatic carbocycles. The predicted octanol–water partition coefficient (Wildman–Crippen LogP) is 3.36. The van der Waals surface area contributed by atoms with Crippen molar-refractivity contribution in [1.29, 1.82) is 0 Å². The highest BCUT2D eigenvalue weighted by Gasteiger charge is 2.33. The Morgan fingerprint density at radius 3 is 3.08 bits per heavy atom. The zero-order chi connectivity index (χ0) is 17.1. The van der Waals surface area contributed by atoms with Crippen LogP contribution in [0, 0.1) is 0 Å². The summed E-state index contributed by atoms with van der Waals surface area (Å²) >= 11 is 6.24. The topological polar surface area (TPSA) is 63.1 Å². The van der Waals surface area contributed by atoms with E-state index in [1.165, 1.54) is 0 Å². The van der Waals surface area contributed by atoms with Gasteiger partial charge in [-0.1, -0.05) is 18.5 Å². The van der Waals surface area contributed by atoms with E-state index < -0.39 is 0 Å². The number of anilines is 1. The molecule has 1 saturated heterocycles. The van der Waals surface area contributed by atoms with Crippen molar-refractivity contribution in [2.75, 3.05) is 18.9 Å². The van der Waals surface area contributed by atoms with Gasteiger partial charge < -0.3 is 10.2 Å². The van der Waals surface area contributed by atoms with Gasteiger partial charge in [-0.25, -0.2) is 4.98 Å². The lowest BCUT2D eigenvalue weighted by atomic mass is 10.1. The molecular formula is C17H22ClN5O. The Hall–Kier alpha value is -2.08. The molecule has 1 aliphatic rings. The van der Waals surface area contributed by atoms with E-state index in [-0.39, 0.29) is 11.9 Å². The summed E-state index contributed by atoms with van der Waals surface area (Å²) in [6, 6.07) is 4.00. The third-order valence-corrected chi connectivity index (χ3v) is 4.59. The van der Waals surface area contributed by atoms with Gasteiger partial charge in [-0.05, 0) is 37.0 Å². The van der Waals surface area contributed by atoms with Crippen LogP contribution in [0.5, 0.6) is 0 Å². The molecule has 0 radical (unpaired) electrons. The van der Waals surface area contributed by atoms with Gasteiger partial charge in [-0.3, -0.25) is 9.48 Å². The summed E-state index contributed by atoms with van der Waals surface area (Å²) in [5.74, 6) is 0.706. The number of aromatic nitrogens is 3. The summed E-state index contributed by atoms with van der Waals surface area (Å²) in [5, 5.41) is 7.84. The Balaban J connectivity index is 1.85. The standard InChI is InChI=1S/C17H22ClN5O/c1-3-8-22-11-13(18)16(21-22)17(24)23-9-4-5-14(23)12-6-7-20-15(10-12)19-2/h6-7,10-11,14H,3-5,8-9H2,1-2H3,(H,19,20). The molecule has 6 nitrogen and oxygen atoms in total. The molecule has 0 aromatic carbocycles. The molecule has 2 aromatic heterocycles. The van der Waals surface area contributed by atoms with Crippen molar-refractivity contribution in [2.24, 2.45) is 0 Å². The van der Waals surface area contributed by atoms with Gasteiger partial charge in [0.15, 0.2) is 5.69 Å². The Morgan fingerprint density at radius 2 is 2.33 bits per heavy atom. The quantitative estimate of drug-likeness (QED) is 0.900. The first kappa shape index (κ1) is 16.8. The first-order valence-electron chi connectivity index (χ1n) is 8.31. The summed E-state index contributed by atoms with van der Waals surface area (Å²) in [7, 11) is 1.84. The fraction of sp³-hybridized carbons (Fsp3) is 0.471. The van der Waals surface area contributed by atoms with Crippen LogP contribution >= 0.6 is 11.6 Å². The highest BCUT2D eigenvalue weighted by Crippen LogP contribution is 2.34. The van der Waals surface area contributed by atoms with Crippen molar-refractivity contribution < 1.29 is 4.79 Å². The van der Waals surface area contributed by atoms with Crippen LogP contribution in [0.2, 0.25) is 5.02 Å². The van der Waals surface area contributed by atoms with E-state index in [9.17, 15) is 4.79 Å². The number of halogens is 1. The molecule has 1 N–H and O–H groups in total. The van der Waals surface area contributed by atoms with E-state index >= 15 is 0 Å². The normalized spacial score (nSPS) is 17.3. The molecule has 7 heteroatoms. The number of carbonyl (C=O) groups excluding carboxylic acids is 1. The number of rotatable bonds is 5. The molecule has 0 spiro atoms.